The third-order valence-corrected chi connectivity index (χ3v) is 2.53. The maximum absolute atomic E-state index is 11.5. The van der Waals surface area contributed by atoms with E-state index in [2.05, 4.69) is 0 Å². The van der Waals surface area contributed by atoms with Gasteiger partial charge in [-0.2, -0.15) is 0 Å². The van der Waals surface area contributed by atoms with Gasteiger partial charge in [0.15, 0.2) is 5.75 Å². The molecule has 0 bridgehead atoms. The van der Waals surface area contributed by atoms with Crippen molar-refractivity contribution >= 4 is 0 Å². The molecule has 2 heteroatoms. The van der Waals surface area contributed by atoms with Gasteiger partial charge in [0.05, 0.1) is 7.11 Å². The van der Waals surface area contributed by atoms with Crippen molar-refractivity contribution in [3.8, 4) is 11.5 Å². The lowest BCUT2D eigenvalue weighted by atomic mass is 10.0. The Hall–Kier alpha value is -1.96. The first kappa shape index (κ1) is 10.6. The van der Waals surface area contributed by atoms with Gasteiger partial charge in [0.25, 0.3) is 0 Å². The molecule has 2 aromatic carbocycles. The summed E-state index contributed by atoms with van der Waals surface area (Å²) in [7, 11) is 1.64. The first-order valence-corrected chi connectivity index (χ1v) is 5.17. The van der Waals surface area contributed by atoms with Crippen LogP contribution in [0.4, 0.5) is 0 Å². The van der Waals surface area contributed by atoms with E-state index < -0.39 is 0 Å². The third-order valence-electron chi connectivity index (χ3n) is 2.53. The first-order valence-electron chi connectivity index (χ1n) is 5.17. The summed E-state index contributed by atoms with van der Waals surface area (Å²) in [4.78, 5) is 0. The fraction of sp³-hybridized carbons (Fsp3) is 0.143. The van der Waals surface area contributed by atoms with Crippen LogP contribution in [0.25, 0.3) is 0 Å². The molecule has 0 saturated carbocycles. The summed E-state index contributed by atoms with van der Waals surface area (Å²) in [5.74, 6) is 0.928. The van der Waals surface area contributed by atoms with Gasteiger partial charge in [-0.25, -0.2) is 0 Å². The summed E-state index contributed by atoms with van der Waals surface area (Å²) in [5.41, 5.74) is 1.94. The van der Waals surface area contributed by atoms with Crippen molar-refractivity contribution in [2.45, 2.75) is 6.42 Å². The minimum absolute atomic E-state index is 0.0957. The summed E-state index contributed by atoms with van der Waals surface area (Å²) >= 11 is 0. The number of hydrogen-bond acceptors (Lipinski definition) is 1. The molecule has 2 aromatic rings. The van der Waals surface area contributed by atoms with Crippen LogP contribution < -0.4 is 4.74 Å². The predicted octanol–water partition coefficient (Wildman–Crippen LogP) is 3.43. The lowest BCUT2D eigenvalue weighted by Crippen LogP contribution is -1.89. The van der Waals surface area contributed by atoms with E-state index in [9.17, 15) is 5.11 Å². The molecule has 16 heavy (non-hydrogen) atoms. The number of hydrogen-bond donors (Lipinski definition) is 0. The molecule has 0 amide bonds. The van der Waals surface area contributed by atoms with Crippen molar-refractivity contribution in [1.82, 2.24) is 0 Å². The topological polar surface area (TPSA) is 29.1 Å². The van der Waals surface area contributed by atoms with E-state index in [0.29, 0.717) is 6.42 Å². The minimum Gasteiger partial charge on any atom is -0.497 e. The Morgan fingerprint density at radius 3 is 2.31 bits per heavy atom. The van der Waals surface area contributed by atoms with Crippen LogP contribution in [0.3, 0.4) is 0 Å². The van der Waals surface area contributed by atoms with Gasteiger partial charge in [0.1, 0.15) is 5.75 Å². The Kier molecular flexibility index (Phi) is 3.10. The Morgan fingerprint density at radius 2 is 1.69 bits per heavy atom. The molecule has 81 valence electrons. The van der Waals surface area contributed by atoms with E-state index in [1.807, 2.05) is 36.4 Å². The molecule has 2 rings (SSSR count). The number of para-hydroxylation sites is 1. The minimum atomic E-state index is 0.0957. The Balaban J connectivity index is 2.18. The normalized spacial score (nSPS) is 10.1. The molecule has 1 radical (unpaired) electrons. The summed E-state index contributed by atoms with van der Waals surface area (Å²) in [6.07, 6.45) is 0.670. The standard InChI is InChI=1S/C14H13O2/c1-16-13-8-6-11(7-9-13)10-12-4-2-3-5-14(12)15/h2-9H,10H2,1H3. The zero-order valence-electron chi connectivity index (χ0n) is 9.14. The van der Waals surface area contributed by atoms with Gasteiger partial charge >= 0.3 is 0 Å². The van der Waals surface area contributed by atoms with Gasteiger partial charge < -0.3 is 4.74 Å². The van der Waals surface area contributed by atoms with Gasteiger partial charge in [-0.15, -0.1) is 0 Å². The van der Waals surface area contributed by atoms with E-state index in [-0.39, 0.29) is 5.75 Å². The average Bonchev–Trinajstić information content (AvgIpc) is 2.33. The van der Waals surface area contributed by atoms with E-state index >= 15 is 0 Å². The Labute approximate surface area is 95.1 Å². The molecular formula is C14H13O2. The molecule has 0 aliphatic carbocycles. The molecule has 0 heterocycles. The molecule has 0 spiro atoms. The van der Waals surface area contributed by atoms with Crippen molar-refractivity contribution in [1.29, 1.82) is 0 Å². The Morgan fingerprint density at radius 1 is 1.00 bits per heavy atom. The molecule has 0 aliphatic heterocycles. The average molecular weight is 213 g/mol. The lowest BCUT2D eigenvalue weighted by Gasteiger charge is -2.04. The largest absolute Gasteiger partial charge is 0.497 e. The van der Waals surface area contributed by atoms with E-state index in [1.54, 1.807) is 19.2 Å². The molecule has 0 N–H and O–H groups in total. The SMILES string of the molecule is COc1ccc(Cc2ccccc2[O])cc1. The van der Waals surface area contributed by atoms with Crippen LogP contribution in [0.15, 0.2) is 48.5 Å². The van der Waals surface area contributed by atoms with Crippen LogP contribution in [0.2, 0.25) is 0 Å². The van der Waals surface area contributed by atoms with Crippen LogP contribution in [0.1, 0.15) is 11.1 Å². The highest BCUT2D eigenvalue weighted by Crippen LogP contribution is 2.21. The fourth-order valence-electron chi connectivity index (χ4n) is 1.61. The highest BCUT2D eigenvalue weighted by atomic mass is 16.5. The van der Waals surface area contributed by atoms with Gasteiger partial charge in [0, 0.05) is 12.0 Å². The summed E-state index contributed by atoms with van der Waals surface area (Å²) in [6.45, 7) is 0. The molecule has 0 unspecified atom stereocenters. The van der Waals surface area contributed by atoms with E-state index in [1.165, 1.54) is 0 Å². The smallest absolute Gasteiger partial charge is 0.182 e. The highest BCUT2D eigenvalue weighted by Gasteiger charge is 2.02. The predicted molar refractivity (Wildman–Crippen MR) is 62.4 cm³/mol. The van der Waals surface area contributed by atoms with Crippen LogP contribution in [-0.2, 0) is 11.5 Å². The molecular weight excluding hydrogens is 200 g/mol. The second-order valence-corrected chi connectivity index (χ2v) is 3.63. The molecule has 0 aromatic heterocycles. The van der Waals surface area contributed by atoms with Crippen LogP contribution >= 0.6 is 0 Å². The number of rotatable bonds is 3. The van der Waals surface area contributed by atoms with Gasteiger partial charge in [0.2, 0.25) is 0 Å². The van der Waals surface area contributed by atoms with E-state index in [4.69, 9.17) is 4.74 Å². The van der Waals surface area contributed by atoms with Gasteiger partial charge in [-0.3, -0.25) is 5.11 Å². The number of methoxy groups -OCH3 is 1. The van der Waals surface area contributed by atoms with Crippen LogP contribution in [0.5, 0.6) is 11.5 Å². The van der Waals surface area contributed by atoms with Crippen LogP contribution in [0, 0.1) is 0 Å². The molecule has 2 nitrogen and oxygen atoms in total. The Bertz CT molecular complexity index is 460. The second kappa shape index (κ2) is 4.71. The van der Waals surface area contributed by atoms with Crippen molar-refractivity contribution in [3.05, 3.63) is 59.7 Å². The molecule has 0 fully saturated rings. The van der Waals surface area contributed by atoms with E-state index in [0.717, 1.165) is 16.9 Å². The van der Waals surface area contributed by atoms with Crippen molar-refractivity contribution in [2.24, 2.45) is 0 Å². The molecule has 0 saturated heterocycles. The number of ether oxygens (including phenoxy) is 1. The maximum atomic E-state index is 11.5. The number of benzene rings is 2. The summed E-state index contributed by atoms with van der Waals surface area (Å²) < 4.78 is 5.08. The monoisotopic (exact) mass is 213 g/mol. The zero-order chi connectivity index (χ0) is 11.4. The third kappa shape index (κ3) is 2.34. The second-order valence-electron chi connectivity index (χ2n) is 3.63. The van der Waals surface area contributed by atoms with Gasteiger partial charge in [-0.1, -0.05) is 30.3 Å². The summed E-state index contributed by atoms with van der Waals surface area (Å²) in [6, 6.07) is 14.9. The maximum Gasteiger partial charge on any atom is 0.182 e. The summed E-state index contributed by atoms with van der Waals surface area (Å²) in [5, 5.41) is 11.5. The lowest BCUT2D eigenvalue weighted by molar-refractivity contribution is 0.350. The van der Waals surface area contributed by atoms with Crippen molar-refractivity contribution in [3.63, 3.8) is 0 Å². The van der Waals surface area contributed by atoms with Crippen LogP contribution in [-0.4, -0.2) is 7.11 Å². The molecule has 0 atom stereocenters. The van der Waals surface area contributed by atoms with Gasteiger partial charge in [-0.05, 0) is 23.8 Å². The zero-order valence-corrected chi connectivity index (χ0v) is 9.14. The molecule has 0 aliphatic rings. The quantitative estimate of drug-likeness (QED) is 0.768. The van der Waals surface area contributed by atoms with Crippen molar-refractivity contribution < 1.29 is 9.84 Å². The first-order chi connectivity index (χ1) is 7.79. The fourth-order valence-corrected chi connectivity index (χ4v) is 1.61. The van der Waals surface area contributed by atoms with Crippen molar-refractivity contribution in [2.75, 3.05) is 7.11 Å². The highest BCUT2D eigenvalue weighted by molar-refractivity contribution is 5.37.